The minimum atomic E-state index is -4.57. The van der Waals surface area contributed by atoms with Crippen LogP contribution in [0.1, 0.15) is 33.8 Å². The average Bonchev–Trinajstić information content (AvgIpc) is 2.90. The Labute approximate surface area is 239 Å². The molecule has 0 radical (unpaired) electrons. The van der Waals surface area contributed by atoms with Crippen molar-refractivity contribution >= 4 is 27.9 Å². The Balaban J connectivity index is 1.35. The van der Waals surface area contributed by atoms with Gasteiger partial charge in [0.25, 0.3) is 5.91 Å². The highest BCUT2D eigenvalue weighted by Gasteiger charge is 2.35. The number of carbonyl (C=O) groups excluding carboxylic acids is 2. The van der Waals surface area contributed by atoms with E-state index in [1.807, 2.05) is 0 Å². The van der Waals surface area contributed by atoms with Crippen molar-refractivity contribution in [1.29, 1.82) is 0 Å². The van der Waals surface area contributed by atoms with Gasteiger partial charge in [0.2, 0.25) is 0 Å². The molecule has 1 atom stereocenters. The first kappa shape index (κ1) is 30.3. The van der Waals surface area contributed by atoms with Gasteiger partial charge in [-0.2, -0.15) is 13.2 Å². The smallest absolute Gasteiger partial charge is 0.416 e. The van der Waals surface area contributed by atoms with Gasteiger partial charge in [-0.25, -0.2) is 9.18 Å². The maximum absolute atomic E-state index is 13.6. The molecule has 2 aliphatic heterocycles. The number of methoxy groups -OCH3 is 1. The van der Waals surface area contributed by atoms with Gasteiger partial charge >= 0.3 is 12.3 Å². The quantitative estimate of drug-likeness (QED) is 0.389. The molecule has 2 fully saturated rings. The second-order valence-electron chi connectivity index (χ2n) is 10.4. The van der Waals surface area contributed by atoms with Crippen molar-refractivity contribution in [2.75, 3.05) is 66.5 Å². The number of benzene rings is 2. The summed E-state index contributed by atoms with van der Waals surface area (Å²) >= 11 is 3.08. The standard InChI is InChI=1S/C28H33BrF4N4O3/c1-34(26(38)21-13-22(28(31,32)33)15-23(29)14-21)16-20(19-3-5-24(30)6-4-19)7-8-35-17-25(18-35)36-9-11-37(12-10-36)27(39)40-2/h3-6,13-15,20,25H,7-12,16-18H2,1-2H3/t20-/m1/s1. The fourth-order valence-corrected chi connectivity index (χ4v) is 5.80. The lowest BCUT2D eigenvalue weighted by atomic mass is 9.93. The van der Waals surface area contributed by atoms with Crippen LogP contribution in [0.15, 0.2) is 46.9 Å². The molecule has 2 aliphatic rings. The Kier molecular flexibility index (Phi) is 9.73. The second kappa shape index (κ2) is 12.9. The van der Waals surface area contributed by atoms with Crippen LogP contribution >= 0.6 is 15.9 Å². The number of amides is 2. The molecule has 40 heavy (non-hydrogen) atoms. The van der Waals surface area contributed by atoms with Gasteiger partial charge in [0.1, 0.15) is 5.82 Å². The van der Waals surface area contributed by atoms with Gasteiger partial charge < -0.3 is 19.4 Å². The number of rotatable bonds is 8. The van der Waals surface area contributed by atoms with Gasteiger partial charge in [-0.3, -0.25) is 9.69 Å². The van der Waals surface area contributed by atoms with Crippen molar-refractivity contribution in [2.45, 2.75) is 24.6 Å². The molecule has 0 saturated carbocycles. The molecule has 0 spiro atoms. The fraction of sp³-hybridized carbons (Fsp3) is 0.500. The molecule has 12 heteroatoms. The lowest BCUT2D eigenvalue weighted by Gasteiger charge is -2.48. The molecule has 0 bridgehead atoms. The van der Waals surface area contributed by atoms with Gasteiger partial charge in [0, 0.05) is 74.9 Å². The van der Waals surface area contributed by atoms with E-state index in [1.165, 1.54) is 30.2 Å². The van der Waals surface area contributed by atoms with Gasteiger partial charge in [0.05, 0.1) is 12.7 Å². The number of likely N-dealkylation sites (tertiary alicyclic amines) is 1. The van der Waals surface area contributed by atoms with Crippen LogP contribution in [0.25, 0.3) is 0 Å². The van der Waals surface area contributed by atoms with Crippen molar-refractivity contribution < 1.29 is 31.9 Å². The molecule has 2 heterocycles. The van der Waals surface area contributed by atoms with Crippen molar-refractivity contribution in [2.24, 2.45) is 0 Å². The van der Waals surface area contributed by atoms with Crippen LogP contribution in [0.5, 0.6) is 0 Å². The third-order valence-corrected chi connectivity index (χ3v) is 8.11. The molecular weight excluding hydrogens is 596 g/mol. The summed E-state index contributed by atoms with van der Waals surface area (Å²) in [5, 5.41) is 0. The first-order chi connectivity index (χ1) is 18.9. The van der Waals surface area contributed by atoms with Crippen LogP contribution in [0.4, 0.5) is 22.4 Å². The molecule has 7 nitrogen and oxygen atoms in total. The maximum atomic E-state index is 13.6. The normalized spacial score (nSPS) is 17.8. The summed E-state index contributed by atoms with van der Waals surface area (Å²) < 4.78 is 58.5. The van der Waals surface area contributed by atoms with E-state index in [2.05, 4.69) is 25.7 Å². The second-order valence-corrected chi connectivity index (χ2v) is 11.3. The molecule has 0 unspecified atom stereocenters. The van der Waals surface area contributed by atoms with E-state index in [0.717, 1.165) is 50.4 Å². The number of piperazine rings is 1. The minimum absolute atomic E-state index is 0.0556. The lowest BCUT2D eigenvalue weighted by molar-refractivity contribution is -0.137. The number of alkyl halides is 3. The van der Waals surface area contributed by atoms with Crippen molar-refractivity contribution in [1.82, 2.24) is 19.6 Å². The fourth-order valence-electron chi connectivity index (χ4n) is 5.30. The van der Waals surface area contributed by atoms with Gasteiger partial charge in [-0.15, -0.1) is 0 Å². The van der Waals surface area contributed by atoms with Crippen LogP contribution in [0, 0.1) is 5.82 Å². The van der Waals surface area contributed by atoms with E-state index in [4.69, 9.17) is 4.74 Å². The van der Waals surface area contributed by atoms with Gasteiger partial charge in [-0.1, -0.05) is 28.1 Å². The third kappa shape index (κ3) is 7.52. The molecule has 0 N–H and O–H groups in total. The highest BCUT2D eigenvalue weighted by molar-refractivity contribution is 9.10. The Morgan fingerprint density at radius 1 is 1.07 bits per heavy atom. The monoisotopic (exact) mass is 628 g/mol. The van der Waals surface area contributed by atoms with Crippen molar-refractivity contribution in [3.63, 3.8) is 0 Å². The Morgan fingerprint density at radius 2 is 1.73 bits per heavy atom. The van der Waals surface area contributed by atoms with Gasteiger partial charge in [-0.05, 0) is 48.9 Å². The Morgan fingerprint density at radius 3 is 2.33 bits per heavy atom. The molecule has 2 saturated heterocycles. The Bertz CT molecular complexity index is 1180. The molecule has 2 amide bonds. The van der Waals surface area contributed by atoms with Gasteiger partial charge in [0.15, 0.2) is 0 Å². The largest absolute Gasteiger partial charge is 0.453 e. The molecule has 4 rings (SSSR count). The van der Waals surface area contributed by atoms with Crippen molar-refractivity contribution in [3.05, 3.63) is 69.4 Å². The Hall–Kier alpha value is -2.70. The predicted molar refractivity (Wildman–Crippen MR) is 146 cm³/mol. The molecule has 0 aromatic heterocycles. The third-order valence-electron chi connectivity index (χ3n) is 7.65. The number of carbonyl (C=O) groups is 2. The number of hydrogen-bond acceptors (Lipinski definition) is 5. The predicted octanol–water partition coefficient (Wildman–Crippen LogP) is 4.92. The summed E-state index contributed by atoms with van der Waals surface area (Å²) in [7, 11) is 2.95. The van der Waals surface area contributed by atoms with E-state index < -0.39 is 17.6 Å². The van der Waals surface area contributed by atoms with Crippen LogP contribution < -0.4 is 0 Å². The summed E-state index contributed by atoms with van der Waals surface area (Å²) in [4.78, 5) is 32.7. The van der Waals surface area contributed by atoms with Crippen LogP contribution in [0.2, 0.25) is 0 Å². The number of likely N-dealkylation sites (N-methyl/N-ethyl adjacent to an activating group) is 1. The van der Waals surface area contributed by atoms with Crippen LogP contribution in [-0.4, -0.2) is 104 Å². The zero-order valence-electron chi connectivity index (χ0n) is 22.5. The molecule has 0 aliphatic carbocycles. The molecule has 218 valence electrons. The van der Waals surface area contributed by atoms with Crippen LogP contribution in [0.3, 0.4) is 0 Å². The lowest BCUT2D eigenvalue weighted by Crippen LogP contribution is -2.63. The van der Waals surface area contributed by atoms with E-state index >= 15 is 0 Å². The zero-order valence-corrected chi connectivity index (χ0v) is 24.0. The highest BCUT2D eigenvalue weighted by atomic mass is 79.9. The van der Waals surface area contributed by atoms with E-state index in [0.29, 0.717) is 25.6 Å². The van der Waals surface area contributed by atoms with Crippen molar-refractivity contribution in [3.8, 4) is 0 Å². The first-order valence-corrected chi connectivity index (χ1v) is 13.9. The topological polar surface area (TPSA) is 56.3 Å². The number of nitrogens with zero attached hydrogens (tertiary/aromatic N) is 4. The van der Waals surface area contributed by atoms with Crippen LogP contribution in [-0.2, 0) is 10.9 Å². The summed E-state index contributed by atoms with van der Waals surface area (Å²) in [5.41, 5.74) is -0.0880. The number of ether oxygens (including phenoxy) is 1. The maximum Gasteiger partial charge on any atom is 0.416 e. The zero-order chi connectivity index (χ0) is 29.0. The summed E-state index contributed by atoms with van der Waals surface area (Å²) in [5.74, 6) is -1.01. The number of hydrogen-bond donors (Lipinski definition) is 0. The summed E-state index contributed by atoms with van der Waals surface area (Å²) in [6.07, 6.45) is -4.18. The molecule has 2 aromatic carbocycles. The highest BCUT2D eigenvalue weighted by Crippen LogP contribution is 2.32. The summed E-state index contributed by atoms with van der Waals surface area (Å²) in [6.45, 7) is 5.68. The van der Waals surface area contributed by atoms with E-state index in [-0.39, 0.29) is 34.4 Å². The average molecular weight is 629 g/mol. The SMILES string of the molecule is COC(=O)N1CCN(C2CN(CC[C@H](CN(C)C(=O)c3cc(Br)cc(C(F)(F)F)c3)c3ccc(F)cc3)C2)CC1. The molecule has 2 aromatic rings. The first-order valence-electron chi connectivity index (χ1n) is 13.1. The molecular formula is C28H33BrF4N4O3. The summed E-state index contributed by atoms with van der Waals surface area (Å²) in [6, 6.07) is 9.74. The van der Waals surface area contributed by atoms with E-state index in [1.54, 1.807) is 24.1 Å². The minimum Gasteiger partial charge on any atom is -0.453 e. The number of halogens is 5. The van der Waals surface area contributed by atoms with E-state index in [9.17, 15) is 27.2 Å².